The van der Waals surface area contributed by atoms with E-state index in [1.54, 1.807) is 35.3 Å². The van der Waals surface area contributed by atoms with Crippen LogP contribution in [0.2, 0.25) is 0 Å². The van der Waals surface area contributed by atoms with Crippen molar-refractivity contribution in [3.63, 3.8) is 0 Å². The molecule has 0 bridgehead atoms. The molecule has 3 aromatic heterocycles. The molecule has 3 heterocycles. The lowest BCUT2D eigenvalue weighted by molar-refractivity contribution is 0.0947. The Bertz CT molecular complexity index is 1180. The van der Waals surface area contributed by atoms with Crippen molar-refractivity contribution in [3.05, 3.63) is 82.6 Å². The van der Waals surface area contributed by atoms with Crippen LogP contribution >= 0.6 is 0 Å². The van der Waals surface area contributed by atoms with Crippen LogP contribution in [0, 0.1) is 0 Å². The molecule has 0 aliphatic carbocycles. The van der Waals surface area contributed by atoms with Crippen molar-refractivity contribution < 1.29 is 9.21 Å². The molecule has 7 nitrogen and oxygen atoms in total. The molecule has 1 amide bonds. The van der Waals surface area contributed by atoms with Gasteiger partial charge >= 0.3 is 5.63 Å². The zero-order chi connectivity index (χ0) is 18.8. The average molecular weight is 360 g/mol. The normalized spacial score (nSPS) is 10.9. The van der Waals surface area contributed by atoms with Gasteiger partial charge in [-0.25, -0.2) is 4.79 Å². The van der Waals surface area contributed by atoms with E-state index in [1.807, 2.05) is 31.3 Å². The number of hydrogen-bond acceptors (Lipinski definition) is 5. The number of nitrogens with zero attached hydrogens (tertiary/aromatic N) is 3. The first-order valence-electron chi connectivity index (χ1n) is 8.36. The van der Waals surface area contributed by atoms with Crippen LogP contribution in [-0.4, -0.2) is 20.7 Å². The third kappa shape index (κ3) is 3.35. The van der Waals surface area contributed by atoms with E-state index in [4.69, 9.17) is 4.42 Å². The molecule has 0 saturated heterocycles. The summed E-state index contributed by atoms with van der Waals surface area (Å²) in [5.74, 6) is -0.495. The standard InChI is InChI=1S/C20H16N4O3/c1-24-17(13-6-8-21-9-7-13)11-15(23-24)12-22-19(25)16-10-14-4-2-3-5-18(14)27-20(16)26/h2-11H,12H2,1H3,(H,22,25). The largest absolute Gasteiger partial charge is 0.422 e. The summed E-state index contributed by atoms with van der Waals surface area (Å²) < 4.78 is 6.94. The molecule has 0 atom stereocenters. The van der Waals surface area contributed by atoms with Crippen LogP contribution in [0.4, 0.5) is 0 Å². The number of hydrogen-bond donors (Lipinski definition) is 1. The minimum Gasteiger partial charge on any atom is -0.422 e. The molecule has 1 aromatic carbocycles. The van der Waals surface area contributed by atoms with Gasteiger partial charge < -0.3 is 9.73 Å². The Kier molecular flexibility index (Phi) is 4.25. The number of pyridine rings is 1. The number of nitrogens with one attached hydrogen (secondary N) is 1. The highest BCUT2D eigenvalue weighted by molar-refractivity contribution is 5.96. The summed E-state index contributed by atoms with van der Waals surface area (Å²) >= 11 is 0. The molecular formula is C20H16N4O3. The molecule has 4 aromatic rings. The van der Waals surface area contributed by atoms with Gasteiger partial charge in [-0.15, -0.1) is 0 Å². The van der Waals surface area contributed by atoms with Gasteiger partial charge in [-0.05, 0) is 30.3 Å². The Labute approximate surface area is 154 Å². The maximum atomic E-state index is 12.4. The number of aromatic nitrogens is 3. The second kappa shape index (κ2) is 6.87. The van der Waals surface area contributed by atoms with Gasteiger partial charge in [-0.1, -0.05) is 18.2 Å². The average Bonchev–Trinajstić information content (AvgIpc) is 3.07. The van der Waals surface area contributed by atoms with E-state index in [1.165, 1.54) is 6.07 Å². The van der Waals surface area contributed by atoms with E-state index < -0.39 is 11.5 Å². The van der Waals surface area contributed by atoms with Crippen molar-refractivity contribution in [2.75, 3.05) is 0 Å². The second-order valence-electron chi connectivity index (χ2n) is 6.05. The fourth-order valence-corrected chi connectivity index (χ4v) is 2.89. The topological polar surface area (TPSA) is 90.0 Å². The molecule has 0 aliphatic heterocycles. The van der Waals surface area contributed by atoms with E-state index in [-0.39, 0.29) is 12.1 Å². The van der Waals surface area contributed by atoms with E-state index in [0.29, 0.717) is 16.7 Å². The number of carbonyl (C=O) groups is 1. The van der Waals surface area contributed by atoms with E-state index >= 15 is 0 Å². The van der Waals surface area contributed by atoms with Crippen LogP contribution < -0.4 is 10.9 Å². The molecule has 0 aliphatic rings. The zero-order valence-electron chi connectivity index (χ0n) is 14.5. The molecule has 4 rings (SSSR count). The first kappa shape index (κ1) is 16.7. The number of amides is 1. The lowest BCUT2D eigenvalue weighted by Crippen LogP contribution is -2.28. The summed E-state index contributed by atoms with van der Waals surface area (Å²) in [6, 6.07) is 14.3. The van der Waals surface area contributed by atoms with Crippen LogP contribution in [-0.2, 0) is 13.6 Å². The molecule has 1 N–H and O–H groups in total. The van der Waals surface area contributed by atoms with Crippen molar-refractivity contribution in [3.8, 4) is 11.3 Å². The molecule has 0 radical (unpaired) electrons. The minimum absolute atomic E-state index is 0.0287. The number of fused-ring (bicyclic) bond motifs is 1. The summed E-state index contributed by atoms with van der Waals surface area (Å²) in [5, 5.41) is 7.83. The summed E-state index contributed by atoms with van der Waals surface area (Å²) in [5.41, 5.74) is 2.33. The third-order valence-electron chi connectivity index (χ3n) is 4.22. The molecule has 134 valence electrons. The van der Waals surface area contributed by atoms with Gasteiger partial charge in [-0.2, -0.15) is 5.10 Å². The maximum absolute atomic E-state index is 12.4. The Morgan fingerprint density at radius 2 is 1.93 bits per heavy atom. The van der Waals surface area contributed by atoms with Crippen molar-refractivity contribution in [1.82, 2.24) is 20.1 Å². The number of benzene rings is 1. The summed E-state index contributed by atoms with van der Waals surface area (Å²) in [4.78, 5) is 28.5. The van der Waals surface area contributed by atoms with E-state index in [9.17, 15) is 9.59 Å². The molecule has 0 unspecified atom stereocenters. The first-order chi connectivity index (χ1) is 13.1. The van der Waals surface area contributed by atoms with Crippen LogP contribution in [0.15, 0.2) is 70.1 Å². The van der Waals surface area contributed by atoms with Gasteiger partial charge in [0.25, 0.3) is 5.91 Å². The quantitative estimate of drug-likeness (QED) is 0.565. The van der Waals surface area contributed by atoms with Crippen LogP contribution in [0.25, 0.3) is 22.2 Å². The smallest absolute Gasteiger partial charge is 0.349 e. The predicted octanol–water partition coefficient (Wildman–Crippen LogP) is 2.52. The highest BCUT2D eigenvalue weighted by Crippen LogP contribution is 2.19. The molecule has 27 heavy (non-hydrogen) atoms. The Balaban J connectivity index is 1.53. The fraction of sp³-hybridized carbons (Fsp3) is 0.100. The maximum Gasteiger partial charge on any atom is 0.349 e. The number of carbonyl (C=O) groups excluding carboxylic acids is 1. The van der Waals surface area contributed by atoms with Crippen molar-refractivity contribution in [1.29, 1.82) is 0 Å². The van der Waals surface area contributed by atoms with Gasteiger partial charge in [-0.3, -0.25) is 14.5 Å². The fourth-order valence-electron chi connectivity index (χ4n) is 2.89. The lowest BCUT2D eigenvalue weighted by atomic mass is 10.1. The lowest BCUT2D eigenvalue weighted by Gasteiger charge is -2.03. The van der Waals surface area contributed by atoms with Crippen molar-refractivity contribution in [2.24, 2.45) is 7.05 Å². The van der Waals surface area contributed by atoms with Gasteiger partial charge in [0.2, 0.25) is 0 Å². The van der Waals surface area contributed by atoms with Crippen LogP contribution in [0.1, 0.15) is 16.1 Å². The molecular weight excluding hydrogens is 344 g/mol. The van der Waals surface area contributed by atoms with Crippen molar-refractivity contribution >= 4 is 16.9 Å². The summed E-state index contributed by atoms with van der Waals surface area (Å²) in [6.45, 7) is 0.198. The van der Waals surface area contributed by atoms with Gasteiger partial charge in [0.15, 0.2) is 0 Å². The Morgan fingerprint density at radius 1 is 1.15 bits per heavy atom. The van der Waals surface area contributed by atoms with E-state index in [2.05, 4.69) is 15.4 Å². The zero-order valence-corrected chi connectivity index (χ0v) is 14.5. The van der Waals surface area contributed by atoms with Crippen molar-refractivity contribution in [2.45, 2.75) is 6.54 Å². The minimum atomic E-state index is -0.662. The van der Waals surface area contributed by atoms with E-state index in [0.717, 1.165) is 11.3 Å². The highest BCUT2D eigenvalue weighted by Gasteiger charge is 2.14. The Morgan fingerprint density at radius 3 is 2.74 bits per heavy atom. The van der Waals surface area contributed by atoms with Gasteiger partial charge in [0, 0.05) is 30.4 Å². The second-order valence-corrected chi connectivity index (χ2v) is 6.05. The number of rotatable bonds is 4. The third-order valence-corrected chi connectivity index (χ3v) is 4.22. The Hall–Kier alpha value is -3.74. The van der Waals surface area contributed by atoms with Gasteiger partial charge in [0.05, 0.1) is 17.9 Å². The monoisotopic (exact) mass is 360 g/mol. The van der Waals surface area contributed by atoms with Gasteiger partial charge in [0.1, 0.15) is 11.1 Å². The number of para-hydroxylation sites is 1. The highest BCUT2D eigenvalue weighted by atomic mass is 16.4. The van der Waals surface area contributed by atoms with Crippen LogP contribution in [0.5, 0.6) is 0 Å². The summed E-state index contributed by atoms with van der Waals surface area (Å²) in [7, 11) is 1.83. The molecule has 0 saturated carbocycles. The predicted molar refractivity (Wildman–Crippen MR) is 100 cm³/mol. The molecule has 7 heteroatoms. The van der Waals surface area contributed by atoms with Crippen LogP contribution in [0.3, 0.4) is 0 Å². The molecule has 0 spiro atoms. The SMILES string of the molecule is Cn1nc(CNC(=O)c2cc3ccccc3oc2=O)cc1-c1ccncc1. The molecule has 0 fully saturated rings. The number of aryl methyl sites for hydroxylation is 1. The first-order valence-corrected chi connectivity index (χ1v) is 8.36. The summed E-state index contributed by atoms with van der Waals surface area (Å²) in [6.07, 6.45) is 3.42.